The molecule has 1 aromatic rings. The van der Waals surface area contributed by atoms with E-state index in [-0.39, 0.29) is 0 Å². The summed E-state index contributed by atoms with van der Waals surface area (Å²) in [6, 6.07) is 10.2. The number of hydrogen-bond acceptors (Lipinski definition) is 2. The molecule has 0 amide bonds. The lowest BCUT2D eigenvalue weighted by Gasteiger charge is -2.49. The van der Waals surface area contributed by atoms with Crippen LogP contribution in [0.5, 0.6) is 0 Å². The van der Waals surface area contributed by atoms with Crippen LogP contribution in [0.4, 0.5) is 0 Å². The summed E-state index contributed by atoms with van der Waals surface area (Å²) in [6.07, 6.45) is 7.07. The van der Waals surface area contributed by atoms with Crippen molar-refractivity contribution >= 4 is 0 Å². The quantitative estimate of drug-likeness (QED) is 0.851. The third-order valence-electron chi connectivity index (χ3n) is 6.43. The minimum atomic E-state index is 0.543. The van der Waals surface area contributed by atoms with Crippen molar-refractivity contribution in [3.63, 3.8) is 0 Å². The van der Waals surface area contributed by atoms with Gasteiger partial charge < -0.3 is 5.32 Å². The van der Waals surface area contributed by atoms with Crippen molar-refractivity contribution in [1.82, 2.24) is 10.2 Å². The molecular weight excluding hydrogens is 256 g/mol. The van der Waals surface area contributed by atoms with Gasteiger partial charge >= 0.3 is 0 Å². The van der Waals surface area contributed by atoms with Gasteiger partial charge in [-0.05, 0) is 63.2 Å². The molecule has 114 valence electrons. The molecule has 1 spiro atoms. The van der Waals surface area contributed by atoms with Gasteiger partial charge in [0.05, 0.1) is 0 Å². The van der Waals surface area contributed by atoms with E-state index in [4.69, 9.17) is 0 Å². The van der Waals surface area contributed by atoms with Crippen molar-refractivity contribution in [2.45, 2.75) is 51.0 Å². The number of hydrogen-bond donors (Lipinski definition) is 1. The van der Waals surface area contributed by atoms with Gasteiger partial charge in [-0.25, -0.2) is 0 Å². The lowest BCUT2D eigenvalue weighted by Crippen LogP contribution is -2.52. The summed E-state index contributed by atoms with van der Waals surface area (Å²) in [5.74, 6) is 0.708. The molecule has 2 nitrogen and oxygen atoms in total. The second kappa shape index (κ2) is 5.40. The van der Waals surface area contributed by atoms with Gasteiger partial charge in [0.1, 0.15) is 0 Å². The van der Waals surface area contributed by atoms with E-state index in [0.717, 1.165) is 6.04 Å². The standard InChI is InChI=1S/C19H28N2/c1-15-5-7-16(8-6-15)17-14-20-11-9-19(17)10-13-21-12-3-2-4-18(19)21/h5-8,17-18,20H,2-4,9-14H2,1H3. The molecule has 3 aliphatic heterocycles. The van der Waals surface area contributed by atoms with Gasteiger partial charge in [0, 0.05) is 18.5 Å². The average Bonchev–Trinajstić information content (AvgIpc) is 2.89. The van der Waals surface area contributed by atoms with Crippen molar-refractivity contribution in [2.24, 2.45) is 5.41 Å². The van der Waals surface area contributed by atoms with E-state index in [1.165, 1.54) is 63.8 Å². The Kier molecular flexibility index (Phi) is 3.55. The molecule has 0 aliphatic carbocycles. The normalized spacial score (nSPS) is 36.8. The maximum Gasteiger partial charge on any atom is 0.0159 e. The van der Waals surface area contributed by atoms with Gasteiger partial charge in [-0.2, -0.15) is 0 Å². The summed E-state index contributed by atoms with van der Waals surface area (Å²) >= 11 is 0. The highest BCUT2D eigenvalue weighted by Gasteiger charge is 2.53. The molecule has 2 heteroatoms. The molecule has 3 atom stereocenters. The van der Waals surface area contributed by atoms with Crippen LogP contribution in [0.15, 0.2) is 24.3 Å². The Balaban J connectivity index is 1.69. The fourth-order valence-electron chi connectivity index (χ4n) is 5.32. The minimum absolute atomic E-state index is 0.543. The monoisotopic (exact) mass is 284 g/mol. The Morgan fingerprint density at radius 1 is 1.10 bits per heavy atom. The van der Waals surface area contributed by atoms with E-state index in [9.17, 15) is 0 Å². The van der Waals surface area contributed by atoms with Crippen LogP contribution in [0.1, 0.15) is 49.1 Å². The molecule has 3 heterocycles. The first kappa shape index (κ1) is 13.8. The van der Waals surface area contributed by atoms with Crippen LogP contribution < -0.4 is 5.32 Å². The largest absolute Gasteiger partial charge is 0.316 e. The molecule has 4 rings (SSSR count). The molecule has 0 saturated carbocycles. The summed E-state index contributed by atoms with van der Waals surface area (Å²) in [5, 5.41) is 3.68. The number of benzene rings is 1. The fraction of sp³-hybridized carbons (Fsp3) is 0.684. The number of fused-ring (bicyclic) bond motifs is 2. The van der Waals surface area contributed by atoms with Crippen LogP contribution in [0, 0.1) is 12.3 Å². The first-order valence-corrected chi connectivity index (χ1v) is 8.81. The Hall–Kier alpha value is -0.860. The summed E-state index contributed by atoms with van der Waals surface area (Å²) in [5.41, 5.74) is 3.49. The minimum Gasteiger partial charge on any atom is -0.316 e. The van der Waals surface area contributed by atoms with Gasteiger partial charge in [0.15, 0.2) is 0 Å². The predicted molar refractivity (Wildman–Crippen MR) is 87.7 cm³/mol. The van der Waals surface area contributed by atoms with Crippen LogP contribution in [0.25, 0.3) is 0 Å². The zero-order valence-corrected chi connectivity index (χ0v) is 13.3. The molecule has 0 bridgehead atoms. The second-order valence-electron chi connectivity index (χ2n) is 7.45. The van der Waals surface area contributed by atoms with E-state index in [2.05, 4.69) is 41.4 Å². The zero-order valence-electron chi connectivity index (χ0n) is 13.3. The fourth-order valence-corrected chi connectivity index (χ4v) is 5.32. The molecule has 3 fully saturated rings. The van der Waals surface area contributed by atoms with Crippen molar-refractivity contribution in [2.75, 3.05) is 26.2 Å². The Morgan fingerprint density at radius 3 is 2.81 bits per heavy atom. The molecule has 1 aromatic carbocycles. The van der Waals surface area contributed by atoms with Crippen molar-refractivity contribution < 1.29 is 0 Å². The summed E-state index contributed by atoms with van der Waals surface area (Å²) < 4.78 is 0. The second-order valence-corrected chi connectivity index (χ2v) is 7.45. The predicted octanol–water partition coefficient (Wildman–Crippen LogP) is 3.32. The van der Waals surface area contributed by atoms with E-state index >= 15 is 0 Å². The van der Waals surface area contributed by atoms with E-state index in [1.54, 1.807) is 5.56 Å². The topological polar surface area (TPSA) is 15.3 Å². The van der Waals surface area contributed by atoms with Crippen molar-refractivity contribution in [3.8, 4) is 0 Å². The lowest BCUT2D eigenvalue weighted by molar-refractivity contribution is 0.0663. The number of nitrogens with zero attached hydrogens (tertiary/aromatic N) is 1. The average molecular weight is 284 g/mol. The van der Waals surface area contributed by atoms with Gasteiger partial charge in [-0.1, -0.05) is 36.2 Å². The van der Waals surface area contributed by atoms with E-state index < -0.39 is 0 Å². The van der Waals surface area contributed by atoms with Gasteiger partial charge in [0.25, 0.3) is 0 Å². The molecule has 0 aromatic heterocycles. The van der Waals surface area contributed by atoms with Crippen LogP contribution in [-0.4, -0.2) is 37.1 Å². The van der Waals surface area contributed by atoms with Gasteiger partial charge in [0.2, 0.25) is 0 Å². The summed E-state index contributed by atoms with van der Waals surface area (Å²) in [7, 11) is 0. The first-order valence-electron chi connectivity index (χ1n) is 8.81. The van der Waals surface area contributed by atoms with E-state index in [0.29, 0.717) is 11.3 Å². The van der Waals surface area contributed by atoms with Crippen LogP contribution in [-0.2, 0) is 0 Å². The summed E-state index contributed by atoms with van der Waals surface area (Å²) in [6.45, 7) is 7.27. The van der Waals surface area contributed by atoms with Crippen molar-refractivity contribution in [1.29, 1.82) is 0 Å². The lowest BCUT2D eigenvalue weighted by atomic mass is 9.62. The van der Waals surface area contributed by atoms with Crippen LogP contribution in [0.3, 0.4) is 0 Å². The van der Waals surface area contributed by atoms with E-state index in [1.807, 2.05) is 0 Å². The number of aryl methyl sites for hydroxylation is 1. The third kappa shape index (κ3) is 2.24. The SMILES string of the molecule is Cc1ccc(C2CNCCC23CCN2CCCCC23)cc1. The highest BCUT2D eigenvalue weighted by Crippen LogP contribution is 2.53. The zero-order chi connectivity index (χ0) is 14.3. The number of piperidine rings is 2. The maximum absolute atomic E-state index is 3.68. The maximum atomic E-state index is 3.68. The molecule has 3 saturated heterocycles. The number of nitrogens with one attached hydrogen (secondary N) is 1. The molecule has 3 unspecified atom stereocenters. The molecule has 0 radical (unpaired) electrons. The first-order chi connectivity index (χ1) is 10.3. The Morgan fingerprint density at radius 2 is 1.95 bits per heavy atom. The highest BCUT2D eigenvalue weighted by molar-refractivity contribution is 5.29. The Bertz CT molecular complexity index is 495. The molecule has 3 aliphatic rings. The third-order valence-corrected chi connectivity index (χ3v) is 6.43. The summed E-state index contributed by atoms with van der Waals surface area (Å²) in [4.78, 5) is 2.82. The Labute approximate surface area is 128 Å². The van der Waals surface area contributed by atoms with Gasteiger partial charge in [-0.3, -0.25) is 4.90 Å². The molecule has 21 heavy (non-hydrogen) atoms. The molecular formula is C19H28N2. The molecule has 1 N–H and O–H groups in total. The van der Waals surface area contributed by atoms with Crippen molar-refractivity contribution in [3.05, 3.63) is 35.4 Å². The number of rotatable bonds is 1. The van der Waals surface area contributed by atoms with Gasteiger partial charge in [-0.15, -0.1) is 0 Å². The van der Waals surface area contributed by atoms with Crippen LogP contribution >= 0.6 is 0 Å². The highest BCUT2D eigenvalue weighted by atomic mass is 15.2. The smallest absolute Gasteiger partial charge is 0.0159 e. The van der Waals surface area contributed by atoms with Crippen LogP contribution in [0.2, 0.25) is 0 Å².